The number of benzene rings is 2. The third kappa shape index (κ3) is 4.92. The van der Waals surface area contributed by atoms with Crippen molar-refractivity contribution < 1.29 is 9.90 Å². The highest BCUT2D eigenvalue weighted by molar-refractivity contribution is 7.99. The third-order valence-corrected chi connectivity index (χ3v) is 4.11. The number of rotatable bonds is 6. The molecule has 0 aliphatic carbocycles. The van der Waals surface area contributed by atoms with Gasteiger partial charge in [-0.2, -0.15) is 0 Å². The van der Waals surface area contributed by atoms with Crippen molar-refractivity contribution >= 4 is 23.4 Å². The summed E-state index contributed by atoms with van der Waals surface area (Å²) in [6.07, 6.45) is 0.461. The zero-order valence-electron chi connectivity index (χ0n) is 12.0. The van der Waals surface area contributed by atoms with Gasteiger partial charge < -0.3 is 10.4 Å². The van der Waals surface area contributed by atoms with Crippen LogP contribution in [-0.2, 0) is 11.4 Å². The molecule has 0 saturated carbocycles. The second kappa shape index (κ2) is 7.86. The summed E-state index contributed by atoms with van der Waals surface area (Å²) in [6, 6.07) is 15.6. The Kier molecular flexibility index (Phi) is 5.84. The maximum Gasteiger partial charge on any atom is 0.225 e. The fourth-order valence-corrected chi connectivity index (χ4v) is 2.77. The van der Waals surface area contributed by atoms with Crippen LogP contribution >= 0.6 is 11.8 Å². The van der Waals surface area contributed by atoms with Crippen LogP contribution in [0.25, 0.3) is 0 Å². The normalized spacial score (nSPS) is 10.4. The van der Waals surface area contributed by atoms with Gasteiger partial charge in [-0.05, 0) is 36.2 Å². The summed E-state index contributed by atoms with van der Waals surface area (Å²) in [5.74, 6) is 0.741. The molecule has 2 rings (SSSR count). The highest BCUT2D eigenvalue weighted by Gasteiger charge is 2.06. The largest absolute Gasteiger partial charge is 0.392 e. The molecule has 2 aromatic rings. The maximum atomic E-state index is 12.0. The highest BCUT2D eigenvalue weighted by atomic mass is 32.2. The van der Waals surface area contributed by atoms with E-state index in [0.29, 0.717) is 6.42 Å². The number of nitrogens with one attached hydrogen (secondary N) is 1. The monoisotopic (exact) mass is 301 g/mol. The van der Waals surface area contributed by atoms with Crippen molar-refractivity contribution in [3.05, 3.63) is 59.7 Å². The van der Waals surface area contributed by atoms with Crippen LogP contribution in [0.5, 0.6) is 0 Å². The zero-order chi connectivity index (χ0) is 15.1. The SMILES string of the molecule is Cc1ccc(CO)cc1NC(=O)CCSc1ccccc1. The summed E-state index contributed by atoms with van der Waals surface area (Å²) in [6.45, 7) is 1.92. The Morgan fingerprint density at radius 3 is 2.67 bits per heavy atom. The van der Waals surface area contributed by atoms with Gasteiger partial charge in [0.2, 0.25) is 5.91 Å². The Bertz CT molecular complexity index is 599. The van der Waals surface area contributed by atoms with E-state index in [0.717, 1.165) is 22.6 Å². The lowest BCUT2D eigenvalue weighted by Gasteiger charge is -2.10. The number of aryl methyl sites for hydroxylation is 1. The van der Waals surface area contributed by atoms with E-state index < -0.39 is 0 Å². The Labute approximate surface area is 129 Å². The van der Waals surface area contributed by atoms with Crippen LogP contribution in [0, 0.1) is 6.92 Å². The van der Waals surface area contributed by atoms with Crippen LogP contribution in [0.15, 0.2) is 53.4 Å². The second-order valence-electron chi connectivity index (χ2n) is 4.77. The van der Waals surface area contributed by atoms with E-state index in [1.807, 2.05) is 55.5 Å². The molecule has 2 aromatic carbocycles. The Morgan fingerprint density at radius 2 is 1.95 bits per heavy atom. The van der Waals surface area contributed by atoms with E-state index in [-0.39, 0.29) is 12.5 Å². The predicted octanol–water partition coefficient (Wildman–Crippen LogP) is 3.61. The zero-order valence-corrected chi connectivity index (χ0v) is 12.8. The molecule has 21 heavy (non-hydrogen) atoms. The summed E-state index contributed by atoms with van der Waals surface area (Å²) >= 11 is 1.67. The van der Waals surface area contributed by atoms with Crippen LogP contribution in [0.3, 0.4) is 0 Å². The van der Waals surface area contributed by atoms with Gasteiger partial charge in [-0.15, -0.1) is 11.8 Å². The maximum absolute atomic E-state index is 12.0. The number of thioether (sulfide) groups is 1. The molecule has 0 radical (unpaired) electrons. The van der Waals surface area contributed by atoms with E-state index in [9.17, 15) is 4.79 Å². The molecule has 2 N–H and O–H groups in total. The topological polar surface area (TPSA) is 49.3 Å². The van der Waals surface area contributed by atoms with Crippen molar-refractivity contribution in [3.63, 3.8) is 0 Å². The van der Waals surface area contributed by atoms with Crippen molar-refractivity contribution in [3.8, 4) is 0 Å². The molecular formula is C17H19NO2S. The van der Waals surface area contributed by atoms with Gasteiger partial charge in [-0.25, -0.2) is 0 Å². The minimum absolute atomic E-state index is 0.00313. The van der Waals surface area contributed by atoms with E-state index in [1.54, 1.807) is 11.8 Å². The van der Waals surface area contributed by atoms with Crippen LogP contribution in [-0.4, -0.2) is 16.8 Å². The number of aliphatic hydroxyl groups is 1. The molecule has 1 amide bonds. The molecule has 0 bridgehead atoms. The molecule has 4 heteroatoms. The standard InChI is InChI=1S/C17H19NO2S/c1-13-7-8-14(12-19)11-16(13)18-17(20)9-10-21-15-5-3-2-4-6-15/h2-8,11,19H,9-10,12H2,1H3,(H,18,20). The van der Waals surface area contributed by atoms with Crippen LogP contribution in [0.1, 0.15) is 17.5 Å². The van der Waals surface area contributed by atoms with Crippen molar-refractivity contribution in [2.75, 3.05) is 11.1 Å². The van der Waals surface area contributed by atoms with Crippen LogP contribution in [0.2, 0.25) is 0 Å². The van der Waals surface area contributed by atoms with E-state index >= 15 is 0 Å². The average Bonchev–Trinajstić information content (AvgIpc) is 2.50. The van der Waals surface area contributed by atoms with E-state index in [2.05, 4.69) is 5.32 Å². The molecule has 0 aliphatic rings. The molecule has 0 aromatic heterocycles. The van der Waals surface area contributed by atoms with E-state index in [1.165, 1.54) is 4.90 Å². The van der Waals surface area contributed by atoms with E-state index in [4.69, 9.17) is 5.11 Å². The minimum atomic E-state index is -0.0208. The van der Waals surface area contributed by atoms with Gasteiger partial charge in [-0.3, -0.25) is 4.79 Å². The number of hydrogen-bond acceptors (Lipinski definition) is 3. The number of carbonyl (C=O) groups excluding carboxylic acids is 1. The van der Waals surface area contributed by atoms with Gasteiger partial charge in [0.05, 0.1) is 6.61 Å². The first-order chi connectivity index (χ1) is 10.2. The lowest BCUT2D eigenvalue weighted by Crippen LogP contribution is -2.13. The number of amides is 1. The van der Waals surface area contributed by atoms with Gasteiger partial charge in [0, 0.05) is 22.8 Å². The third-order valence-electron chi connectivity index (χ3n) is 3.10. The molecule has 0 spiro atoms. The summed E-state index contributed by atoms with van der Waals surface area (Å²) in [5, 5.41) is 12.0. The first-order valence-electron chi connectivity index (χ1n) is 6.87. The van der Waals surface area contributed by atoms with Crippen molar-refractivity contribution in [2.24, 2.45) is 0 Å². The van der Waals surface area contributed by atoms with Crippen molar-refractivity contribution in [2.45, 2.75) is 24.8 Å². The second-order valence-corrected chi connectivity index (χ2v) is 5.94. The minimum Gasteiger partial charge on any atom is -0.392 e. The Morgan fingerprint density at radius 1 is 1.19 bits per heavy atom. The fraction of sp³-hybridized carbons (Fsp3) is 0.235. The summed E-state index contributed by atoms with van der Waals surface area (Å²) in [5.41, 5.74) is 2.57. The first-order valence-corrected chi connectivity index (χ1v) is 7.85. The number of aliphatic hydroxyl groups excluding tert-OH is 1. The molecule has 0 unspecified atom stereocenters. The van der Waals surface area contributed by atoms with Crippen LogP contribution in [0.4, 0.5) is 5.69 Å². The fourth-order valence-electron chi connectivity index (χ4n) is 1.89. The summed E-state index contributed by atoms with van der Waals surface area (Å²) in [4.78, 5) is 13.1. The van der Waals surface area contributed by atoms with Crippen LogP contribution < -0.4 is 5.32 Å². The van der Waals surface area contributed by atoms with Crippen molar-refractivity contribution in [1.29, 1.82) is 0 Å². The van der Waals surface area contributed by atoms with Gasteiger partial charge >= 0.3 is 0 Å². The molecule has 0 fully saturated rings. The summed E-state index contributed by atoms with van der Waals surface area (Å²) < 4.78 is 0. The highest BCUT2D eigenvalue weighted by Crippen LogP contribution is 2.20. The van der Waals surface area contributed by atoms with Gasteiger partial charge in [-0.1, -0.05) is 30.3 Å². The van der Waals surface area contributed by atoms with Gasteiger partial charge in [0.25, 0.3) is 0 Å². The Hall–Kier alpha value is -1.78. The number of carbonyl (C=O) groups is 1. The summed E-state index contributed by atoms with van der Waals surface area (Å²) in [7, 11) is 0. The molecule has 0 heterocycles. The molecule has 110 valence electrons. The quantitative estimate of drug-likeness (QED) is 0.801. The smallest absolute Gasteiger partial charge is 0.225 e. The molecular weight excluding hydrogens is 282 g/mol. The molecule has 0 saturated heterocycles. The number of anilines is 1. The molecule has 0 atom stereocenters. The van der Waals surface area contributed by atoms with Crippen molar-refractivity contribution in [1.82, 2.24) is 0 Å². The van der Waals surface area contributed by atoms with Gasteiger partial charge in [0.15, 0.2) is 0 Å². The van der Waals surface area contributed by atoms with Gasteiger partial charge in [0.1, 0.15) is 0 Å². The lowest BCUT2D eigenvalue weighted by molar-refractivity contribution is -0.115. The average molecular weight is 301 g/mol. The lowest BCUT2D eigenvalue weighted by atomic mass is 10.1. The predicted molar refractivity (Wildman–Crippen MR) is 87.5 cm³/mol. The number of hydrogen-bond donors (Lipinski definition) is 2. The Balaban J connectivity index is 1.84. The molecule has 3 nitrogen and oxygen atoms in total. The molecule has 0 aliphatic heterocycles. The first kappa shape index (κ1) is 15.6.